The quantitative estimate of drug-likeness (QED) is 0.911. The van der Waals surface area contributed by atoms with E-state index in [0.717, 1.165) is 48.2 Å². The van der Waals surface area contributed by atoms with Crippen molar-refractivity contribution in [1.29, 1.82) is 0 Å². The molecule has 3 rings (SSSR count). The zero-order valence-corrected chi connectivity index (χ0v) is 13.8. The summed E-state index contributed by atoms with van der Waals surface area (Å²) < 4.78 is 5.92. The van der Waals surface area contributed by atoms with Gasteiger partial charge in [-0.1, -0.05) is 18.2 Å². The number of halogens is 1. The van der Waals surface area contributed by atoms with Crippen molar-refractivity contribution in [2.45, 2.75) is 32.7 Å². The topological polar surface area (TPSA) is 54.3 Å². The van der Waals surface area contributed by atoms with Crippen LogP contribution in [0.1, 0.15) is 37.1 Å². The zero-order valence-electron chi connectivity index (χ0n) is 13.0. The molecule has 22 heavy (non-hydrogen) atoms. The van der Waals surface area contributed by atoms with Crippen LogP contribution in [0.5, 0.6) is 0 Å². The summed E-state index contributed by atoms with van der Waals surface area (Å²) >= 11 is 0. The van der Waals surface area contributed by atoms with Gasteiger partial charge < -0.3 is 15.1 Å². The van der Waals surface area contributed by atoms with Gasteiger partial charge in [0.2, 0.25) is 5.91 Å². The van der Waals surface area contributed by atoms with Crippen LogP contribution in [0, 0.1) is 12.8 Å². The van der Waals surface area contributed by atoms with Crippen LogP contribution < -0.4 is 10.6 Å². The monoisotopic (exact) mass is 322 g/mol. The predicted molar refractivity (Wildman–Crippen MR) is 90.4 cm³/mol. The first-order chi connectivity index (χ1) is 10.2. The highest BCUT2D eigenvalue weighted by atomic mass is 35.5. The fourth-order valence-corrected chi connectivity index (χ4v) is 3.08. The maximum absolute atomic E-state index is 12.3. The number of fused-ring (bicyclic) bond motifs is 1. The Labute approximate surface area is 137 Å². The summed E-state index contributed by atoms with van der Waals surface area (Å²) in [5.41, 5.74) is 1.99. The van der Waals surface area contributed by atoms with Gasteiger partial charge in [0.25, 0.3) is 0 Å². The van der Waals surface area contributed by atoms with Crippen molar-refractivity contribution in [2.24, 2.45) is 5.92 Å². The van der Waals surface area contributed by atoms with Gasteiger partial charge in [0.05, 0.1) is 12.0 Å². The summed E-state index contributed by atoms with van der Waals surface area (Å²) in [6, 6.07) is 7.88. The molecule has 1 aromatic heterocycles. The van der Waals surface area contributed by atoms with Gasteiger partial charge in [-0.05, 0) is 39.3 Å². The Kier molecular flexibility index (Phi) is 5.48. The van der Waals surface area contributed by atoms with E-state index in [-0.39, 0.29) is 30.3 Å². The highest BCUT2D eigenvalue weighted by Gasteiger charge is 2.24. The summed E-state index contributed by atoms with van der Waals surface area (Å²) in [6.45, 7) is 5.82. The number of nitrogens with one attached hydrogen (secondary N) is 2. The molecule has 0 aliphatic carbocycles. The van der Waals surface area contributed by atoms with Gasteiger partial charge in [-0.15, -0.1) is 12.4 Å². The van der Waals surface area contributed by atoms with Gasteiger partial charge in [-0.3, -0.25) is 4.79 Å². The molecule has 1 aromatic carbocycles. The van der Waals surface area contributed by atoms with Crippen LogP contribution in [0.4, 0.5) is 0 Å². The SMILES string of the molecule is Cc1c(C(C)NC(=O)C2CCCNC2)oc2ccccc12.Cl. The largest absolute Gasteiger partial charge is 0.459 e. The summed E-state index contributed by atoms with van der Waals surface area (Å²) in [5, 5.41) is 7.49. The molecule has 2 atom stereocenters. The molecule has 2 aromatic rings. The molecule has 1 aliphatic heterocycles. The molecule has 1 fully saturated rings. The van der Waals surface area contributed by atoms with Crippen LogP contribution in [-0.2, 0) is 4.79 Å². The molecular weight excluding hydrogens is 300 g/mol. The fourth-order valence-electron chi connectivity index (χ4n) is 3.08. The number of benzene rings is 1. The van der Waals surface area contributed by atoms with E-state index in [1.807, 2.05) is 32.0 Å². The molecule has 1 amide bonds. The average Bonchev–Trinajstić information content (AvgIpc) is 2.86. The molecule has 5 heteroatoms. The highest BCUT2D eigenvalue weighted by Crippen LogP contribution is 2.29. The molecule has 1 aliphatic rings. The average molecular weight is 323 g/mol. The van der Waals surface area contributed by atoms with E-state index >= 15 is 0 Å². The lowest BCUT2D eigenvalue weighted by Gasteiger charge is -2.23. The molecule has 4 nitrogen and oxygen atoms in total. The third-order valence-corrected chi connectivity index (χ3v) is 4.30. The second-order valence-corrected chi connectivity index (χ2v) is 5.86. The van der Waals surface area contributed by atoms with E-state index in [2.05, 4.69) is 16.7 Å². The Morgan fingerprint density at radius 1 is 1.41 bits per heavy atom. The third-order valence-electron chi connectivity index (χ3n) is 4.30. The number of carbonyl (C=O) groups is 1. The standard InChI is InChI=1S/C17H22N2O2.ClH/c1-11-14-7-3-4-8-15(14)21-16(11)12(2)19-17(20)13-6-5-9-18-10-13;/h3-4,7-8,12-13,18H,5-6,9-10H2,1-2H3,(H,19,20);1H. The van der Waals surface area contributed by atoms with Crippen molar-refractivity contribution in [3.63, 3.8) is 0 Å². The molecule has 1 saturated heterocycles. The molecule has 2 heterocycles. The van der Waals surface area contributed by atoms with Crippen LogP contribution in [0.25, 0.3) is 11.0 Å². The number of piperidine rings is 1. The number of aryl methyl sites for hydroxylation is 1. The van der Waals surface area contributed by atoms with Crippen molar-refractivity contribution >= 4 is 29.3 Å². The number of rotatable bonds is 3. The minimum absolute atomic E-state index is 0. The minimum atomic E-state index is -0.105. The molecule has 0 spiro atoms. The molecular formula is C17H23ClN2O2. The molecule has 0 radical (unpaired) electrons. The van der Waals surface area contributed by atoms with Crippen LogP contribution >= 0.6 is 12.4 Å². The first kappa shape index (κ1) is 16.8. The summed E-state index contributed by atoms with van der Waals surface area (Å²) in [4.78, 5) is 12.3. The van der Waals surface area contributed by atoms with Crippen molar-refractivity contribution in [2.75, 3.05) is 13.1 Å². The Hall–Kier alpha value is -1.52. The lowest BCUT2D eigenvalue weighted by atomic mass is 9.98. The van der Waals surface area contributed by atoms with Gasteiger partial charge in [0, 0.05) is 17.5 Å². The number of amides is 1. The minimum Gasteiger partial charge on any atom is -0.459 e. The summed E-state index contributed by atoms with van der Waals surface area (Å²) in [7, 11) is 0. The fraction of sp³-hybridized carbons (Fsp3) is 0.471. The molecule has 2 N–H and O–H groups in total. The number of hydrogen-bond acceptors (Lipinski definition) is 3. The van der Waals surface area contributed by atoms with E-state index < -0.39 is 0 Å². The number of furan rings is 1. The Bertz CT molecular complexity index is 647. The van der Waals surface area contributed by atoms with Crippen molar-refractivity contribution in [1.82, 2.24) is 10.6 Å². The molecule has 120 valence electrons. The maximum atomic E-state index is 12.3. The van der Waals surface area contributed by atoms with Gasteiger partial charge in [0.1, 0.15) is 11.3 Å². The summed E-state index contributed by atoms with van der Waals surface area (Å²) in [5.74, 6) is 1.05. The van der Waals surface area contributed by atoms with E-state index in [1.54, 1.807) is 0 Å². The van der Waals surface area contributed by atoms with E-state index in [0.29, 0.717) is 0 Å². The normalized spacial score (nSPS) is 19.5. The lowest BCUT2D eigenvalue weighted by molar-refractivity contribution is -0.126. The maximum Gasteiger partial charge on any atom is 0.224 e. The molecule has 0 bridgehead atoms. The number of carbonyl (C=O) groups excluding carboxylic acids is 1. The summed E-state index contributed by atoms with van der Waals surface area (Å²) in [6.07, 6.45) is 2.03. The second kappa shape index (κ2) is 7.16. The van der Waals surface area contributed by atoms with Crippen LogP contribution in [0.2, 0.25) is 0 Å². The molecule has 0 saturated carbocycles. The van der Waals surface area contributed by atoms with Gasteiger partial charge >= 0.3 is 0 Å². The predicted octanol–water partition coefficient (Wildman–Crippen LogP) is 3.34. The van der Waals surface area contributed by atoms with Crippen LogP contribution in [-0.4, -0.2) is 19.0 Å². The van der Waals surface area contributed by atoms with Crippen molar-refractivity contribution in [3.8, 4) is 0 Å². The first-order valence-electron chi connectivity index (χ1n) is 7.66. The number of para-hydroxylation sites is 1. The lowest BCUT2D eigenvalue weighted by Crippen LogP contribution is -2.41. The van der Waals surface area contributed by atoms with Crippen molar-refractivity contribution in [3.05, 3.63) is 35.6 Å². The Morgan fingerprint density at radius 2 is 2.18 bits per heavy atom. The van der Waals surface area contributed by atoms with E-state index in [4.69, 9.17) is 4.42 Å². The van der Waals surface area contributed by atoms with E-state index in [9.17, 15) is 4.79 Å². The third kappa shape index (κ3) is 3.28. The highest BCUT2D eigenvalue weighted by molar-refractivity contribution is 5.85. The van der Waals surface area contributed by atoms with Crippen LogP contribution in [0.15, 0.2) is 28.7 Å². The van der Waals surface area contributed by atoms with Crippen molar-refractivity contribution < 1.29 is 9.21 Å². The second-order valence-electron chi connectivity index (χ2n) is 5.86. The van der Waals surface area contributed by atoms with Crippen LogP contribution in [0.3, 0.4) is 0 Å². The zero-order chi connectivity index (χ0) is 14.8. The van der Waals surface area contributed by atoms with Gasteiger partial charge in [0.15, 0.2) is 0 Å². The van der Waals surface area contributed by atoms with Gasteiger partial charge in [-0.25, -0.2) is 0 Å². The smallest absolute Gasteiger partial charge is 0.224 e. The van der Waals surface area contributed by atoms with E-state index in [1.165, 1.54) is 0 Å². The molecule has 2 unspecified atom stereocenters. The first-order valence-corrected chi connectivity index (χ1v) is 7.66. The van der Waals surface area contributed by atoms with Gasteiger partial charge in [-0.2, -0.15) is 0 Å². The Morgan fingerprint density at radius 3 is 2.86 bits per heavy atom. The number of hydrogen-bond donors (Lipinski definition) is 2. The Balaban J connectivity index is 0.00000176.